The number of nitrogens with zero attached hydrogens (tertiary/aromatic N) is 2. The van der Waals surface area contributed by atoms with Crippen molar-refractivity contribution in [3.8, 4) is 23.0 Å². The van der Waals surface area contributed by atoms with E-state index in [9.17, 15) is 4.79 Å². The summed E-state index contributed by atoms with van der Waals surface area (Å²) in [5.74, 6) is 1.05. The van der Waals surface area contributed by atoms with Gasteiger partial charge in [-0.3, -0.25) is 10.1 Å². The molecule has 0 radical (unpaired) electrons. The Bertz CT molecular complexity index is 907. The van der Waals surface area contributed by atoms with E-state index in [1.165, 1.54) is 0 Å². The number of carbonyl (C=O) groups is 1. The van der Waals surface area contributed by atoms with Crippen LogP contribution < -0.4 is 14.8 Å². The lowest BCUT2D eigenvalue weighted by molar-refractivity contribution is -0.122. The number of ether oxygens (including phenoxy) is 2. The van der Waals surface area contributed by atoms with E-state index in [0.717, 1.165) is 11.1 Å². The quantitative estimate of drug-likeness (QED) is 0.730. The highest BCUT2D eigenvalue weighted by Crippen LogP contribution is 2.27. The maximum atomic E-state index is 12.3. The number of nitrogens with one attached hydrogen (secondary N) is 1. The SMILES string of the molecule is COc1ccccc1O[C@H](C)C(=O)Nc1noc(-c2cccc(C)c2)n1. The highest BCUT2D eigenvalue weighted by molar-refractivity contribution is 5.92. The molecule has 1 aromatic heterocycles. The summed E-state index contributed by atoms with van der Waals surface area (Å²) in [6.07, 6.45) is -0.771. The molecule has 3 aromatic rings. The molecule has 0 aliphatic carbocycles. The van der Waals surface area contributed by atoms with Gasteiger partial charge in [0.1, 0.15) is 0 Å². The van der Waals surface area contributed by atoms with E-state index in [1.54, 1.807) is 32.2 Å². The lowest BCUT2D eigenvalue weighted by Gasteiger charge is -2.15. The van der Waals surface area contributed by atoms with Gasteiger partial charge in [0.2, 0.25) is 0 Å². The van der Waals surface area contributed by atoms with Crippen LogP contribution in [0, 0.1) is 6.92 Å². The van der Waals surface area contributed by atoms with Crippen LogP contribution in [-0.4, -0.2) is 29.3 Å². The number of hydrogen-bond donors (Lipinski definition) is 1. The molecule has 0 bridgehead atoms. The molecule has 26 heavy (non-hydrogen) atoms. The van der Waals surface area contributed by atoms with Gasteiger partial charge in [0, 0.05) is 5.56 Å². The number of methoxy groups -OCH3 is 1. The summed E-state index contributed by atoms with van der Waals surface area (Å²) in [5.41, 5.74) is 1.86. The molecule has 0 aliphatic rings. The normalized spacial score (nSPS) is 11.7. The predicted octanol–water partition coefficient (Wildman–Crippen LogP) is 3.46. The second-order valence-corrected chi connectivity index (χ2v) is 5.69. The van der Waals surface area contributed by atoms with Crippen LogP contribution in [0.15, 0.2) is 53.1 Å². The maximum Gasteiger partial charge on any atom is 0.270 e. The number of rotatable bonds is 6. The molecule has 0 unspecified atom stereocenters. The third-order valence-electron chi connectivity index (χ3n) is 3.67. The van der Waals surface area contributed by atoms with E-state index >= 15 is 0 Å². The highest BCUT2D eigenvalue weighted by Gasteiger charge is 2.19. The molecule has 2 aromatic carbocycles. The van der Waals surface area contributed by atoms with Gasteiger partial charge in [0.05, 0.1) is 7.11 Å². The van der Waals surface area contributed by atoms with Crippen molar-refractivity contribution in [2.75, 3.05) is 12.4 Å². The molecule has 0 fully saturated rings. The molecule has 0 saturated heterocycles. The van der Waals surface area contributed by atoms with Gasteiger partial charge in [0.25, 0.3) is 17.7 Å². The molecular formula is C19H19N3O4. The van der Waals surface area contributed by atoms with Gasteiger partial charge in [0.15, 0.2) is 17.6 Å². The molecule has 0 aliphatic heterocycles. The highest BCUT2D eigenvalue weighted by atomic mass is 16.5. The van der Waals surface area contributed by atoms with Crippen molar-refractivity contribution < 1.29 is 18.8 Å². The molecule has 1 amide bonds. The standard InChI is InChI=1S/C19H19N3O4/c1-12-7-6-8-14(11-12)18-21-19(22-26-18)20-17(23)13(2)25-16-10-5-4-9-15(16)24-3/h4-11,13H,1-3H3,(H,20,22,23)/t13-/m1/s1. The predicted molar refractivity (Wildman–Crippen MR) is 96.2 cm³/mol. The van der Waals surface area contributed by atoms with Crippen molar-refractivity contribution >= 4 is 11.9 Å². The third kappa shape index (κ3) is 4.00. The first-order chi connectivity index (χ1) is 12.6. The van der Waals surface area contributed by atoms with Gasteiger partial charge in [-0.2, -0.15) is 4.98 Å². The Morgan fingerprint density at radius 1 is 1.15 bits per heavy atom. The summed E-state index contributed by atoms with van der Waals surface area (Å²) >= 11 is 0. The summed E-state index contributed by atoms with van der Waals surface area (Å²) in [4.78, 5) is 16.5. The molecule has 7 nitrogen and oxygen atoms in total. The summed E-state index contributed by atoms with van der Waals surface area (Å²) in [7, 11) is 1.54. The number of benzene rings is 2. The fraction of sp³-hybridized carbons (Fsp3) is 0.211. The van der Waals surface area contributed by atoms with Crippen LogP contribution in [0.5, 0.6) is 11.5 Å². The van der Waals surface area contributed by atoms with Crippen LogP contribution >= 0.6 is 0 Å². The zero-order valence-electron chi connectivity index (χ0n) is 14.7. The minimum atomic E-state index is -0.771. The Kier molecular flexibility index (Phi) is 5.17. The van der Waals surface area contributed by atoms with Gasteiger partial charge < -0.3 is 14.0 Å². The minimum absolute atomic E-state index is 0.0852. The Labute approximate surface area is 150 Å². The molecule has 1 heterocycles. The average molecular weight is 353 g/mol. The molecular weight excluding hydrogens is 334 g/mol. The van der Waals surface area contributed by atoms with Crippen LogP contribution in [0.25, 0.3) is 11.5 Å². The molecule has 3 rings (SSSR count). The maximum absolute atomic E-state index is 12.3. The second-order valence-electron chi connectivity index (χ2n) is 5.69. The summed E-state index contributed by atoms with van der Waals surface area (Å²) in [6, 6.07) is 14.8. The van der Waals surface area contributed by atoms with Crippen LogP contribution in [-0.2, 0) is 4.79 Å². The Balaban J connectivity index is 1.66. The van der Waals surface area contributed by atoms with Gasteiger partial charge >= 0.3 is 0 Å². The van der Waals surface area contributed by atoms with E-state index in [1.807, 2.05) is 37.3 Å². The van der Waals surface area contributed by atoms with Crippen LogP contribution in [0.2, 0.25) is 0 Å². The van der Waals surface area contributed by atoms with E-state index in [2.05, 4.69) is 15.5 Å². The molecule has 1 N–H and O–H groups in total. The van der Waals surface area contributed by atoms with Crippen molar-refractivity contribution in [2.24, 2.45) is 0 Å². The van der Waals surface area contributed by atoms with E-state index in [-0.39, 0.29) is 5.95 Å². The molecule has 7 heteroatoms. The fourth-order valence-corrected chi connectivity index (χ4v) is 2.34. The first-order valence-corrected chi connectivity index (χ1v) is 8.08. The molecule has 0 spiro atoms. The topological polar surface area (TPSA) is 86.5 Å². The zero-order chi connectivity index (χ0) is 18.5. The van der Waals surface area contributed by atoms with Crippen molar-refractivity contribution in [1.82, 2.24) is 10.1 Å². The summed E-state index contributed by atoms with van der Waals surface area (Å²) in [6.45, 7) is 3.60. The van der Waals surface area contributed by atoms with E-state index < -0.39 is 12.0 Å². The van der Waals surface area contributed by atoms with Gasteiger partial charge in [-0.15, -0.1) is 0 Å². The van der Waals surface area contributed by atoms with Crippen LogP contribution in [0.1, 0.15) is 12.5 Å². The second kappa shape index (κ2) is 7.69. The smallest absolute Gasteiger partial charge is 0.270 e. The monoisotopic (exact) mass is 353 g/mol. The Morgan fingerprint density at radius 3 is 2.65 bits per heavy atom. The van der Waals surface area contributed by atoms with Crippen molar-refractivity contribution in [1.29, 1.82) is 0 Å². The number of aryl methyl sites for hydroxylation is 1. The number of anilines is 1. The number of para-hydroxylation sites is 2. The van der Waals surface area contributed by atoms with Gasteiger partial charge in [-0.05, 0) is 43.3 Å². The third-order valence-corrected chi connectivity index (χ3v) is 3.67. The average Bonchev–Trinajstić information content (AvgIpc) is 3.10. The number of aromatic nitrogens is 2. The van der Waals surface area contributed by atoms with Crippen LogP contribution in [0.4, 0.5) is 5.95 Å². The number of amides is 1. The molecule has 134 valence electrons. The lowest BCUT2D eigenvalue weighted by atomic mass is 10.1. The molecule has 0 saturated carbocycles. The van der Waals surface area contributed by atoms with E-state index in [0.29, 0.717) is 17.4 Å². The number of carbonyl (C=O) groups excluding carboxylic acids is 1. The Morgan fingerprint density at radius 2 is 1.92 bits per heavy atom. The molecule has 1 atom stereocenters. The lowest BCUT2D eigenvalue weighted by Crippen LogP contribution is -2.30. The van der Waals surface area contributed by atoms with Crippen molar-refractivity contribution in [3.63, 3.8) is 0 Å². The summed E-state index contributed by atoms with van der Waals surface area (Å²) in [5, 5.41) is 6.37. The zero-order valence-corrected chi connectivity index (χ0v) is 14.7. The van der Waals surface area contributed by atoms with E-state index in [4.69, 9.17) is 14.0 Å². The Hall–Kier alpha value is -3.35. The van der Waals surface area contributed by atoms with Crippen molar-refractivity contribution in [3.05, 3.63) is 54.1 Å². The van der Waals surface area contributed by atoms with Gasteiger partial charge in [-0.25, -0.2) is 0 Å². The largest absolute Gasteiger partial charge is 0.493 e. The van der Waals surface area contributed by atoms with Gasteiger partial charge in [-0.1, -0.05) is 29.8 Å². The number of hydrogen-bond acceptors (Lipinski definition) is 6. The van der Waals surface area contributed by atoms with Crippen LogP contribution in [0.3, 0.4) is 0 Å². The minimum Gasteiger partial charge on any atom is -0.493 e. The fourth-order valence-electron chi connectivity index (χ4n) is 2.34. The van der Waals surface area contributed by atoms with Crippen molar-refractivity contribution in [2.45, 2.75) is 20.0 Å². The summed E-state index contributed by atoms with van der Waals surface area (Å²) < 4.78 is 16.1. The first kappa shape index (κ1) is 17.5. The first-order valence-electron chi connectivity index (χ1n) is 8.08.